The Hall–Kier alpha value is -1.46. The second kappa shape index (κ2) is 8.86. The van der Waals surface area contributed by atoms with Crippen molar-refractivity contribution in [2.24, 2.45) is 5.92 Å². The van der Waals surface area contributed by atoms with Gasteiger partial charge in [-0.25, -0.2) is 4.79 Å². The third kappa shape index (κ3) is 5.73. The lowest BCUT2D eigenvalue weighted by atomic mass is 9.87. The van der Waals surface area contributed by atoms with E-state index in [1.54, 1.807) is 24.3 Å². The Labute approximate surface area is 136 Å². The van der Waals surface area contributed by atoms with Gasteiger partial charge in [0.25, 0.3) is 0 Å². The molecule has 0 saturated heterocycles. The smallest absolute Gasteiger partial charge is 0.315 e. The van der Waals surface area contributed by atoms with Crippen molar-refractivity contribution in [3.63, 3.8) is 0 Å². The zero-order valence-electron chi connectivity index (χ0n) is 12.6. The van der Waals surface area contributed by atoms with Gasteiger partial charge in [0.1, 0.15) is 12.4 Å². The van der Waals surface area contributed by atoms with E-state index in [0.717, 1.165) is 31.4 Å². The Balaban J connectivity index is 1.57. The first kappa shape index (κ1) is 16.9. The van der Waals surface area contributed by atoms with E-state index in [9.17, 15) is 4.79 Å². The zero-order chi connectivity index (χ0) is 15.8. The summed E-state index contributed by atoms with van der Waals surface area (Å²) >= 11 is 5.79. The minimum absolute atomic E-state index is 0.160. The van der Waals surface area contributed by atoms with Crippen molar-refractivity contribution in [3.8, 4) is 5.75 Å². The number of carbonyl (C=O) groups is 1. The summed E-state index contributed by atoms with van der Waals surface area (Å²) in [6, 6.07) is 7.16. The van der Waals surface area contributed by atoms with Gasteiger partial charge in [0.15, 0.2) is 0 Å². The molecule has 122 valence electrons. The van der Waals surface area contributed by atoms with Crippen LogP contribution in [0.15, 0.2) is 24.3 Å². The minimum atomic E-state index is -0.160. The van der Waals surface area contributed by atoms with Crippen LogP contribution < -0.4 is 15.4 Å². The second-order valence-electron chi connectivity index (χ2n) is 5.60. The van der Waals surface area contributed by atoms with Crippen molar-refractivity contribution < 1.29 is 14.6 Å². The topological polar surface area (TPSA) is 70.6 Å². The van der Waals surface area contributed by atoms with Gasteiger partial charge in [-0.05, 0) is 55.9 Å². The fourth-order valence-corrected chi connectivity index (χ4v) is 2.72. The number of nitrogens with one attached hydrogen (secondary N) is 2. The molecule has 3 N–H and O–H groups in total. The molecule has 1 aromatic carbocycles. The number of hydrogen-bond acceptors (Lipinski definition) is 3. The first-order valence-electron chi connectivity index (χ1n) is 7.71. The molecule has 2 rings (SSSR count). The highest BCUT2D eigenvalue weighted by atomic mass is 35.5. The summed E-state index contributed by atoms with van der Waals surface area (Å²) in [4.78, 5) is 11.8. The average Bonchev–Trinajstić information content (AvgIpc) is 2.54. The first-order valence-corrected chi connectivity index (χ1v) is 8.08. The number of carbonyl (C=O) groups excluding carboxylic acids is 1. The first-order chi connectivity index (χ1) is 10.7. The van der Waals surface area contributed by atoms with Crippen LogP contribution in [0.3, 0.4) is 0 Å². The van der Waals surface area contributed by atoms with Gasteiger partial charge >= 0.3 is 6.03 Å². The van der Waals surface area contributed by atoms with Crippen LogP contribution in [0.5, 0.6) is 5.75 Å². The van der Waals surface area contributed by atoms with E-state index in [4.69, 9.17) is 21.4 Å². The van der Waals surface area contributed by atoms with Crippen LogP contribution in [0.25, 0.3) is 0 Å². The third-order valence-corrected chi connectivity index (χ3v) is 4.16. The highest BCUT2D eigenvalue weighted by molar-refractivity contribution is 6.30. The lowest BCUT2D eigenvalue weighted by molar-refractivity contribution is 0.174. The highest BCUT2D eigenvalue weighted by Crippen LogP contribution is 2.23. The number of aliphatic hydroxyl groups is 1. The maximum Gasteiger partial charge on any atom is 0.315 e. The largest absolute Gasteiger partial charge is 0.492 e. The molecule has 0 spiro atoms. The van der Waals surface area contributed by atoms with Crippen LogP contribution in [0.1, 0.15) is 25.7 Å². The molecule has 1 aliphatic carbocycles. The van der Waals surface area contributed by atoms with Crippen LogP contribution in [-0.4, -0.2) is 36.9 Å². The molecule has 5 nitrogen and oxygen atoms in total. The van der Waals surface area contributed by atoms with E-state index in [1.807, 2.05) is 0 Å². The zero-order valence-corrected chi connectivity index (χ0v) is 13.3. The SMILES string of the molecule is O=C(NCCOc1ccc(Cl)cc1)NC1CCC(CO)CC1. The third-order valence-electron chi connectivity index (χ3n) is 3.91. The summed E-state index contributed by atoms with van der Waals surface area (Å²) in [6.45, 7) is 1.10. The van der Waals surface area contributed by atoms with Gasteiger partial charge in [-0.1, -0.05) is 11.6 Å². The van der Waals surface area contributed by atoms with Gasteiger partial charge in [-0.2, -0.15) is 0 Å². The molecule has 0 heterocycles. The van der Waals surface area contributed by atoms with E-state index < -0.39 is 0 Å². The van der Waals surface area contributed by atoms with Crippen LogP contribution >= 0.6 is 11.6 Å². The number of benzene rings is 1. The van der Waals surface area contributed by atoms with E-state index in [1.165, 1.54) is 0 Å². The highest BCUT2D eigenvalue weighted by Gasteiger charge is 2.21. The van der Waals surface area contributed by atoms with Crippen LogP contribution in [0, 0.1) is 5.92 Å². The number of rotatable bonds is 6. The standard InChI is InChI=1S/C16H23ClN2O3/c17-13-3-7-15(8-4-13)22-10-9-18-16(21)19-14-5-1-12(11-20)2-6-14/h3-4,7-8,12,14,20H,1-2,5-6,9-11H2,(H2,18,19,21). The summed E-state index contributed by atoms with van der Waals surface area (Å²) in [6.07, 6.45) is 3.81. The molecular formula is C16H23ClN2O3. The van der Waals surface area contributed by atoms with Crippen molar-refractivity contribution in [2.75, 3.05) is 19.8 Å². The van der Waals surface area contributed by atoms with E-state index in [-0.39, 0.29) is 18.7 Å². The number of hydrogen-bond donors (Lipinski definition) is 3. The molecule has 0 bridgehead atoms. The Morgan fingerprint density at radius 3 is 2.55 bits per heavy atom. The number of ether oxygens (including phenoxy) is 1. The fraction of sp³-hybridized carbons (Fsp3) is 0.562. The molecule has 6 heteroatoms. The normalized spacial score (nSPS) is 21.2. The molecule has 0 aromatic heterocycles. The summed E-state index contributed by atoms with van der Waals surface area (Å²) in [7, 11) is 0. The molecule has 0 radical (unpaired) electrons. The van der Waals surface area contributed by atoms with Crippen molar-refractivity contribution >= 4 is 17.6 Å². The van der Waals surface area contributed by atoms with E-state index in [0.29, 0.717) is 24.1 Å². The Bertz CT molecular complexity index is 459. The number of aliphatic hydroxyl groups excluding tert-OH is 1. The average molecular weight is 327 g/mol. The predicted octanol–water partition coefficient (Wildman–Crippen LogP) is 2.57. The molecule has 1 aliphatic rings. The molecule has 0 atom stereocenters. The molecule has 2 amide bonds. The van der Waals surface area contributed by atoms with Gasteiger partial charge in [-0.15, -0.1) is 0 Å². The Kier molecular flexibility index (Phi) is 6.80. The lowest BCUT2D eigenvalue weighted by Crippen LogP contribution is -2.44. The number of halogens is 1. The molecule has 1 saturated carbocycles. The van der Waals surface area contributed by atoms with Gasteiger partial charge < -0.3 is 20.5 Å². The summed E-state index contributed by atoms with van der Waals surface area (Å²) in [5.74, 6) is 1.13. The monoisotopic (exact) mass is 326 g/mol. The minimum Gasteiger partial charge on any atom is -0.492 e. The van der Waals surface area contributed by atoms with Crippen molar-refractivity contribution in [3.05, 3.63) is 29.3 Å². The predicted molar refractivity (Wildman–Crippen MR) is 86.3 cm³/mol. The lowest BCUT2D eigenvalue weighted by Gasteiger charge is -2.27. The number of urea groups is 1. The van der Waals surface area contributed by atoms with Gasteiger partial charge in [0, 0.05) is 17.7 Å². The second-order valence-corrected chi connectivity index (χ2v) is 6.04. The molecule has 0 unspecified atom stereocenters. The van der Waals surface area contributed by atoms with Crippen molar-refractivity contribution in [2.45, 2.75) is 31.7 Å². The molecule has 0 aliphatic heterocycles. The summed E-state index contributed by atoms with van der Waals surface area (Å²) in [5, 5.41) is 15.5. The molecule has 22 heavy (non-hydrogen) atoms. The van der Waals surface area contributed by atoms with Gasteiger partial charge in [0.05, 0.1) is 6.54 Å². The summed E-state index contributed by atoms with van der Waals surface area (Å²) in [5.41, 5.74) is 0. The molecular weight excluding hydrogens is 304 g/mol. The van der Waals surface area contributed by atoms with Crippen LogP contribution in [-0.2, 0) is 0 Å². The Morgan fingerprint density at radius 1 is 1.23 bits per heavy atom. The van der Waals surface area contributed by atoms with Crippen LogP contribution in [0.2, 0.25) is 5.02 Å². The fourth-order valence-electron chi connectivity index (χ4n) is 2.59. The maximum atomic E-state index is 11.8. The maximum absolute atomic E-state index is 11.8. The summed E-state index contributed by atoms with van der Waals surface area (Å²) < 4.78 is 5.50. The van der Waals surface area contributed by atoms with Crippen molar-refractivity contribution in [1.29, 1.82) is 0 Å². The van der Waals surface area contributed by atoms with Crippen LogP contribution in [0.4, 0.5) is 4.79 Å². The van der Waals surface area contributed by atoms with Gasteiger partial charge in [0.2, 0.25) is 0 Å². The van der Waals surface area contributed by atoms with E-state index in [2.05, 4.69) is 10.6 Å². The quantitative estimate of drug-likeness (QED) is 0.704. The molecule has 1 aromatic rings. The number of amides is 2. The van der Waals surface area contributed by atoms with E-state index >= 15 is 0 Å². The van der Waals surface area contributed by atoms with Crippen molar-refractivity contribution in [1.82, 2.24) is 10.6 Å². The Morgan fingerprint density at radius 2 is 1.91 bits per heavy atom. The molecule has 1 fully saturated rings. The van der Waals surface area contributed by atoms with Gasteiger partial charge in [-0.3, -0.25) is 0 Å².